The predicted octanol–water partition coefficient (Wildman–Crippen LogP) is 0.634. The van der Waals surface area contributed by atoms with Gasteiger partial charge < -0.3 is 30.1 Å². The van der Waals surface area contributed by atoms with Crippen LogP contribution >= 0.6 is 0 Å². The van der Waals surface area contributed by atoms with E-state index in [1.807, 2.05) is 42.5 Å². The number of nitrogens with zero attached hydrogens (tertiary/aromatic N) is 1. The van der Waals surface area contributed by atoms with Crippen LogP contribution in [-0.4, -0.2) is 77.4 Å². The van der Waals surface area contributed by atoms with Crippen molar-refractivity contribution in [3.8, 4) is 0 Å². The van der Waals surface area contributed by atoms with Gasteiger partial charge in [-0.3, -0.25) is 19.2 Å². The Bertz CT molecular complexity index is 1230. The highest BCUT2D eigenvalue weighted by atomic mass is 16.6. The smallest absolute Gasteiger partial charge is 0.310 e. The van der Waals surface area contributed by atoms with Crippen LogP contribution < -0.4 is 10.6 Å². The van der Waals surface area contributed by atoms with Crippen LogP contribution in [0, 0.1) is 0 Å². The number of aliphatic hydroxyl groups excluding tert-OH is 1. The Labute approximate surface area is 207 Å². The first-order chi connectivity index (χ1) is 17.4. The van der Waals surface area contributed by atoms with Crippen molar-refractivity contribution in [3.05, 3.63) is 60.2 Å². The summed E-state index contributed by atoms with van der Waals surface area (Å²) in [6, 6.07) is 9.87. The molecular formula is C26H27N3O7. The van der Waals surface area contributed by atoms with Gasteiger partial charge in [0.1, 0.15) is 18.1 Å². The minimum Gasteiger partial charge on any atom is -0.434 e. The van der Waals surface area contributed by atoms with Crippen LogP contribution in [0.25, 0.3) is 10.8 Å². The number of hydrogen-bond acceptors (Lipinski definition) is 7. The van der Waals surface area contributed by atoms with Gasteiger partial charge in [0.2, 0.25) is 18.1 Å². The monoisotopic (exact) mass is 493 g/mol. The van der Waals surface area contributed by atoms with Gasteiger partial charge in [0, 0.05) is 5.56 Å². The molecule has 0 spiro atoms. The number of rotatable bonds is 4. The number of ether oxygens (including phenoxy) is 2. The van der Waals surface area contributed by atoms with E-state index in [-0.39, 0.29) is 37.9 Å². The molecule has 188 valence electrons. The lowest BCUT2D eigenvalue weighted by Gasteiger charge is -2.43. The van der Waals surface area contributed by atoms with Crippen molar-refractivity contribution < 1.29 is 33.8 Å². The first kappa shape index (κ1) is 24.0. The fourth-order valence-electron chi connectivity index (χ4n) is 4.85. The van der Waals surface area contributed by atoms with Gasteiger partial charge in [-0.2, -0.15) is 0 Å². The minimum atomic E-state index is -1.44. The zero-order valence-electron chi connectivity index (χ0n) is 19.5. The van der Waals surface area contributed by atoms with Gasteiger partial charge >= 0.3 is 5.97 Å². The molecule has 5 atom stereocenters. The maximum Gasteiger partial charge on any atom is 0.310 e. The van der Waals surface area contributed by atoms with Crippen LogP contribution in [0.1, 0.15) is 29.6 Å². The van der Waals surface area contributed by atoms with E-state index in [4.69, 9.17) is 4.74 Å². The number of cyclic esters (lactones) is 1. The van der Waals surface area contributed by atoms with E-state index in [1.54, 1.807) is 12.1 Å². The summed E-state index contributed by atoms with van der Waals surface area (Å²) in [5.74, 6) is -1.95. The molecule has 3 aliphatic rings. The van der Waals surface area contributed by atoms with Crippen LogP contribution in [0.2, 0.25) is 0 Å². The number of morpholine rings is 1. The van der Waals surface area contributed by atoms with Crippen molar-refractivity contribution in [1.29, 1.82) is 0 Å². The fraction of sp³-hybridized carbons (Fsp3) is 0.385. The Balaban J connectivity index is 1.34. The number of nitrogens with one attached hydrogen (secondary N) is 2. The standard InChI is InChI=1S/C26H27N3O7/c30-22-12-20(26(34)36-22)28-24(32)21-14-35-13-18-7-3-4-8-19(25(33)29(18)21)27-23(31)17-10-9-15-5-1-2-6-16(15)11-17/h1-6,9-11,18-21,26,34H,7-8,12-14H2,(H,27,31)(H,28,32)/b4-3-/t18-,19-,20?,21-,26?/m0/s1. The van der Waals surface area contributed by atoms with E-state index >= 15 is 0 Å². The molecule has 3 N–H and O–H groups in total. The maximum atomic E-state index is 13.7. The maximum absolute atomic E-state index is 13.7. The van der Waals surface area contributed by atoms with Crippen LogP contribution in [-0.2, 0) is 23.9 Å². The zero-order chi connectivity index (χ0) is 25.2. The second-order valence-corrected chi connectivity index (χ2v) is 9.18. The molecule has 3 amide bonds. The summed E-state index contributed by atoms with van der Waals surface area (Å²) >= 11 is 0. The quantitative estimate of drug-likeness (QED) is 0.420. The van der Waals surface area contributed by atoms with Gasteiger partial charge in [-0.05, 0) is 35.7 Å². The average molecular weight is 494 g/mol. The number of amides is 3. The van der Waals surface area contributed by atoms with E-state index < -0.39 is 42.3 Å². The minimum absolute atomic E-state index is 0.0409. The number of esters is 1. The van der Waals surface area contributed by atoms with Crippen molar-refractivity contribution in [2.75, 3.05) is 13.2 Å². The summed E-state index contributed by atoms with van der Waals surface area (Å²) in [4.78, 5) is 52.8. The Kier molecular flexibility index (Phi) is 6.71. The van der Waals surface area contributed by atoms with E-state index in [9.17, 15) is 24.3 Å². The SMILES string of the molecule is O=C1CC(NC(=O)[C@@H]2COC[C@@H]3C/C=C\C[C@H](NC(=O)c4ccc5ccccc5c4)C(=O)N32)C(O)O1. The molecule has 3 heterocycles. The lowest BCUT2D eigenvalue weighted by molar-refractivity contribution is -0.159. The third-order valence-corrected chi connectivity index (χ3v) is 6.74. The molecule has 2 saturated heterocycles. The molecule has 0 aliphatic carbocycles. The second-order valence-electron chi connectivity index (χ2n) is 9.18. The van der Waals surface area contributed by atoms with Crippen LogP contribution in [0.4, 0.5) is 0 Å². The highest BCUT2D eigenvalue weighted by Crippen LogP contribution is 2.23. The molecule has 2 aromatic carbocycles. The third-order valence-electron chi connectivity index (χ3n) is 6.74. The van der Waals surface area contributed by atoms with Crippen molar-refractivity contribution in [2.24, 2.45) is 0 Å². The third kappa shape index (κ3) is 4.82. The number of carbonyl (C=O) groups is 4. The first-order valence-corrected chi connectivity index (χ1v) is 11.9. The number of carbonyl (C=O) groups excluding carboxylic acids is 4. The molecule has 5 rings (SSSR count). The second kappa shape index (κ2) is 10.1. The molecule has 0 bridgehead atoms. The molecule has 2 fully saturated rings. The van der Waals surface area contributed by atoms with Crippen LogP contribution in [0.15, 0.2) is 54.6 Å². The lowest BCUT2D eigenvalue weighted by atomic mass is 9.99. The summed E-state index contributed by atoms with van der Waals surface area (Å²) < 4.78 is 10.3. The summed E-state index contributed by atoms with van der Waals surface area (Å²) in [7, 11) is 0. The van der Waals surface area contributed by atoms with E-state index in [1.165, 1.54) is 4.90 Å². The van der Waals surface area contributed by atoms with Gasteiger partial charge in [0.05, 0.1) is 25.7 Å². The lowest BCUT2D eigenvalue weighted by Crippen LogP contribution is -2.65. The Hall–Kier alpha value is -3.76. The van der Waals surface area contributed by atoms with Gasteiger partial charge in [-0.15, -0.1) is 0 Å². The number of hydrogen-bond donors (Lipinski definition) is 3. The topological polar surface area (TPSA) is 134 Å². The molecule has 0 saturated carbocycles. The van der Waals surface area contributed by atoms with Gasteiger partial charge in [-0.25, -0.2) is 0 Å². The molecule has 36 heavy (non-hydrogen) atoms. The molecule has 0 aromatic heterocycles. The summed E-state index contributed by atoms with van der Waals surface area (Å²) in [6.07, 6.45) is 2.93. The first-order valence-electron chi connectivity index (χ1n) is 11.9. The Morgan fingerprint density at radius 1 is 0.972 bits per heavy atom. The van der Waals surface area contributed by atoms with Crippen LogP contribution in [0.3, 0.4) is 0 Å². The molecular weight excluding hydrogens is 466 g/mol. The summed E-state index contributed by atoms with van der Waals surface area (Å²) in [5, 5.41) is 17.2. The van der Waals surface area contributed by atoms with Gasteiger partial charge in [0.15, 0.2) is 0 Å². The van der Waals surface area contributed by atoms with Gasteiger partial charge in [0.25, 0.3) is 5.91 Å². The van der Waals surface area contributed by atoms with Gasteiger partial charge in [-0.1, -0.05) is 42.5 Å². The summed E-state index contributed by atoms with van der Waals surface area (Å²) in [5.41, 5.74) is 0.431. The fourth-order valence-corrected chi connectivity index (χ4v) is 4.85. The molecule has 2 aromatic rings. The molecule has 3 aliphatic heterocycles. The van der Waals surface area contributed by atoms with Crippen molar-refractivity contribution >= 4 is 34.5 Å². The van der Waals surface area contributed by atoms with Crippen molar-refractivity contribution in [3.63, 3.8) is 0 Å². The Morgan fingerprint density at radius 2 is 1.75 bits per heavy atom. The predicted molar refractivity (Wildman–Crippen MR) is 127 cm³/mol. The normalized spacial score (nSPS) is 29.0. The molecule has 0 radical (unpaired) electrons. The van der Waals surface area contributed by atoms with Crippen LogP contribution in [0.5, 0.6) is 0 Å². The molecule has 10 nitrogen and oxygen atoms in total. The van der Waals surface area contributed by atoms with Crippen molar-refractivity contribution in [1.82, 2.24) is 15.5 Å². The van der Waals surface area contributed by atoms with E-state index in [0.717, 1.165) is 10.8 Å². The van der Waals surface area contributed by atoms with E-state index in [0.29, 0.717) is 12.0 Å². The molecule has 2 unspecified atom stereocenters. The summed E-state index contributed by atoms with van der Waals surface area (Å²) in [6.45, 7) is 0.208. The number of benzene rings is 2. The molecule has 10 heteroatoms. The highest BCUT2D eigenvalue weighted by Gasteiger charge is 2.44. The number of aliphatic hydroxyl groups is 1. The van der Waals surface area contributed by atoms with E-state index in [2.05, 4.69) is 15.4 Å². The van der Waals surface area contributed by atoms with Crippen molar-refractivity contribution in [2.45, 2.75) is 49.7 Å². The largest absolute Gasteiger partial charge is 0.434 e. The highest BCUT2D eigenvalue weighted by molar-refractivity contribution is 6.01. The Morgan fingerprint density at radius 3 is 2.53 bits per heavy atom. The number of fused-ring (bicyclic) bond motifs is 2. The average Bonchev–Trinajstić information content (AvgIpc) is 3.19. The zero-order valence-corrected chi connectivity index (χ0v) is 19.5.